The first-order valence-electron chi connectivity index (χ1n) is 6.87. The number of benzene rings is 2. The Morgan fingerprint density at radius 2 is 1.68 bits per heavy atom. The van der Waals surface area contributed by atoms with Crippen molar-refractivity contribution >= 4 is 18.3 Å². The van der Waals surface area contributed by atoms with Gasteiger partial charge in [-0.1, -0.05) is 54.6 Å². The summed E-state index contributed by atoms with van der Waals surface area (Å²) in [4.78, 5) is 11.7. The molecule has 3 N–H and O–H groups in total. The fourth-order valence-corrected chi connectivity index (χ4v) is 2.02. The Bertz CT molecular complexity index is 573. The fourth-order valence-electron chi connectivity index (χ4n) is 2.02. The van der Waals surface area contributed by atoms with Crippen LogP contribution >= 0.6 is 12.4 Å². The van der Waals surface area contributed by atoms with Gasteiger partial charge in [-0.15, -0.1) is 12.4 Å². The average molecular weight is 321 g/mol. The number of nitrogens with one attached hydrogen (secondary N) is 1. The molecule has 1 amide bonds. The SMILES string of the molecule is COC[C@@H](N)C(=O)NCc1ccc(-c2ccccc2)cc1.Cl. The second kappa shape index (κ2) is 9.20. The van der Waals surface area contributed by atoms with Crippen LogP contribution < -0.4 is 11.1 Å². The van der Waals surface area contributed by atoms with Gasteiger partial charge in [-0.25, -0.2) is 0 Å². The molecule has 2 rings (SSSR count). The number of halogens is 1. The van der Waals surface area contributed by atoms with Gasteiger partial charge in [0, 0.05) is 13.7 Å². The van der Waals surface area contributed by atoms with Crippen molar-refractivity contribution in [2.45, 2.75) is 12.6 Å². The molecule has 0 bridgehead atoms. The maximum Gasteiger partial charge on any atom is 0.239 e. The highest BCUT2D eigenvalue weighted by Gasteiger charge is 2.12. The molecule has 0 aliphatic carbocycles. The Labute approximate surface area is 137 Å². The minimum Gasteiger partial charge on any atom is -0.383 e. The molecule has 4 nitrogen and oxygen atoms in total. The Morgan fingerprint density at radius 3 is 2.27 bits per heavy atom. The van der Waals surface area contributed by atoms with Crippen molar-refractivity contribution in [3.63, 3.8) is 0 Å². The number of carbonyl (C=O) groups is 1. The lowest BCUT2D eigenvalue weighted by Crippen LogP contribution is -2.43. The van der Waals surface area contributed by atoms with Gasteiger partial charge in [0.1, 0.15) is 6.04 Å². The number of amides is 1. The zero-order valence-corrected chi connectivity index (χ0v) is 13.3. The number of ether oxygens (including phenoxy) is 1. The number of hydrogen-bond acceptors (Lipinski definition) is 3. The van der Waals surface area contributed by atoms with Crippen molar-refractivity contribution < 1.29 is 9.53 Å². The standard InChI is InChI=1S/C17H20N2O2.ClH/c1-21-12-16(18)17(20)19-11-13-7-9-15(10-8-13)14-5-3-2-4-6-14;/h2-10,16H,11-12,18H2,1H3,(H,19,20);1H/t16-;/m1./s1. The lowest BCUT2D eigenvalue weighted by Gasteiger charge is -2.11. The quantitative estimate of drug-likeness (QED) is 0.859. The molecule has 22 heavy (non-hydrogen) atoms. The van der Waals surface area contributed by atoms with E-state index in [1.54, 1.807) is 0 Å². The molecule has 0 heterocycles. The van der Waals surface area contributed by atoms with Gasteiger partial charge in [-0.2, -0.15) is 0 Å². The van der Waals surface area contributed by atoms with E-state index in [1.165, 1.54) is 12.7 Å². The third-order valence-electron chi connectivity index (χ3n) is 3.21. The zero-order valence-electron chi connectivity index (χ0n) is 12.5. The summed E-state index contributed by atoms with van der Waals surface area (Å²) in [5, 5.41) is 2.80. The maximum atomic E-state index is 11.7. The van der Waals surface area contributed by atoms with Gasteiger partial charge in [-0.05, 0) is 16.7 Å². The van der Waals surface area contributed by atoms with Crippen LogP contribution in [0.5, 0.6) is 0 Å². The topological polar surface area (TPSA) is 64.3 Å². The largest absolute Gasteiger partial charge is 0.383 e. The summed E-state index contributed by atoms with van der Waals surface area (Å²) in [6, 6.07) is 17.6. The molecular weight excluding hydrogens is 300 g/mol. The molecule has 0 saturated heterocycles. The molecule has 0 fully saturated rings. The minimum absolute atomic E-state index is 0. The fraction of sp³-hybridized carbons (Fsp3) is 0.235. The van der Waals surface area contributed by atoms with E-state index in [1.807, 2.05) is 42.5 Å². The number of methoxy groups -OCH3 is 1. The number of carbonyl (C=O) groups excluding carboxylic acids is 1. The molecule has 0 aliphatic rings. The van der Waals surface area contributed by atoms with Gasteiger partial charge < -0.3 is 15.8 Å². The third kappa shape index (κ3) is 5.15. The number of rotatable bonds is 6. The molecule has 5 heteroatoms. The summed E-state index contributed by atoms with van der Waals surface area (Å²) in [6.07, 6.45) is 0. The Kier molecular flexibility index (Phi) is 7.60. The average Bonchev–Trinajstić information content (AvgIpc) is 2.54. The first kappa shape index (κ1) is 18.2. The Hall–Kier alpha value is -1.88. The van der Waals surface area contributed by atoms with Crippen molar-refractivity contribution in [2.24, 2.45) is 5.73 Å². The number of hydrogen-bond donors (Lipinski definition) is 2. The van der Waals surface area contributed by atoms with E-state index >= 15 is 0 Å². The highest BCUT2D eigenvalue weighted by molar-refractivity contribution is 5.85. The second-order valence-electron chi connectivity index (χ2n) is 4.84. The summed E-state index contributed by atoms with van der Waals surface area (Å²) in [5.41, 5.74) is 9.02. The molecule has 0 saturated carbocycles. The van der Waals surface area contributed by atoms with Crippen molar-refractivity contribution in [3.8, 4) is 11.1 Å². The van der Waals surface area contributed by atoms with E-state index in [0.29, 0.717) is 6.54 Å². The van der Waals surface area contributed by atoms with Crippen LogP contribution in [0.2, 0.25) is 0 Å². The Balaban J connectivity index is 0.00000242. The predicted octanol–water partition coefficient (Wildman–Crippen LogP) is 2.37. The van der Waals surface area contributed by atoms with Gasteiger partial charge in [0.15, 0.2) is 0 Å². The van der Waals surface area contributed by atoms with Gasteiger partial charge in [0.2, 0.25) is 5.91 Å². The van der Waals surface area contributed by atoms with Gasteiger partial charge >= 0.3 is 0 Å². The summed E-state index contributed by atoms with van der Waals surface area (Å²) < 4.78 is 4.86. The molecular formula is C17H21ClN2O2. The minimum atomic E-state index is -0.626. The van der Waals surface area contributed by atoms with Crippen LogP contribution in [0.1, 0.15) is 5.56 Å². The van der Waals surface area contributed by atoms with Gasteiger partial charge in [-0.3, -0.25) is 4.79 Å². The highest BCUT2D eigenvalue weighted by atomic mass is 35.5. The summed E-state index contributed by atoms with van der Waals surface area (Å²) >= 11 is 0. The molecule has 118 valence electrons. The van der Waals surface area contributed by atoms with Crippen molar-refractivity contribution in [1.82, 2.24) is 5.32 Å². The monoisotopic (exact) mass is 320 g/mol. The third-order valence-corrected chi connectivity index (χ3v) is 3.21. The molecule has 0 aliphatic heterocycles. The second-order valence-corrected chi connectivity index (χ2v) is 4.84. The van der Waals surface area contributed by atoms with Crippen LogP contribution in [0.3, 0.4) is 0 Å². The van der Waals surface area contributed by atoms with Crippen LogP contribution in [-0.2, 0) is 16.1 Å². The molecule has 0 aromatic heterocycles. The normalized spacial score (nSPS) is 11.4. The lowest BCUT2D eigenvalue weighted by atomic mass is 10.0. The van der Waals surface area contributed by atoms with Crippen LogP contribution in [-0.4, -0.2) is 25.7 Å². The van der Waals surface area contributed by atoms with E-state index in [0.717, 1.165) is 11.1 Å². The summed E-state index contributed by atoms with van der Waals surface area (Å²) in [6.45, 7) is 0.685. The van der Waals surface area contributed by atoms with E-state index < -0.39 is 6.04 Å². The molecule has 0 spiro atoms. The van der Waals surface area contributed by atoms with E-state index in [-0.39, 0.29) is 24.9 Å². The maximum absolute atomic E-state index is 11.7. The molecule has 0 radical (unpaired) electrons. The predicted molar refractivity (Wildman–Crippen MR) is 90.8 cm³/mol. The Morgan fingerprint density at radius 1 is 1.09 bits per heavy atom. The number of nitrogens with two attached hydrogens (primary N) is 1. The first-order chi connectivity index (χ1) is 10.2. The molecule has 0 unspecified atom stereocenters. The van der Waals surface area contributed by atoms with Crippen molar-refractivity contribution in [3.05, 3.63) is 60.2 Å². The summed E-state index contributed by atoms with van der Waals surface area (Å²) in [7, 11) is 1.52. The van der Waals surface area contributed by atoms with E-state index in [2.05, 4.69) is 17.4 Å². The van der Waals surface area contributed by atoms with Crippen LogP contribution in [0.25, 0.3) is 11.1 Å². The van der Waals surface area contributed by atoms with Crippen LogP contribution in [0.15, 0.2) is 54.6 Å². The van der Waals surface area contributed by atoms with E-state index in [9.17, 15) is 4.79 Å². The molecule has 2 aromatic carbocycles. The van der Waals surface area contributed by atoms with E-state index in [4.69, 9.17) is 10.5 Å². The molecule has 2 aromatic rings. The lowest BCUT2D eigenvalue weighted by molar-refractivity contribution is -0.123. The van der Waals surface area contributed by atoms with Gasteiger partial charge in [0.05, 0.1) is 6.61 Å². The smallest absolute Gasteiger partial charge is 0.239 e. The van der Waals surface area contributed by atoms with Crippen molar-refractivity contribution in [2.75, 3.05) is 13.7 Å². The summed E-state index contributed by atoms with van der Waals surface area (Å²) in [5.74, 6) is -0.205. The molecule has 1 atom stereocenters. The first-order valence-corrected chi connectivity index (χ1v) is 6.87. The van der Waals surface area contributed by atoms with Crippen LogP contribution in [0, 0.1) is 0 Å². The van der Waals surface area contributed by atoms with Gasteiger partial charge in [0.25, 0.3) is 0 Å². The van der Waals surface area contributed by atoms with Crippen LogP contribution in [0.4, 0.5) is 0 Å². The van der Waals surface area contributed by atoms with Crippen molar-refractivity contribution in [1.29, 1.82) is 0 Å². The highest BCUT2D eigenvalue weighted by Crippen LogP contribution is 2.19. The zero-order chi connectivity index (χ0) is 15.1.